The van der Waals surface area contributed by atoms with Crippen molar-refractivity contribution in [2.75, 3.05) is 32.8 Å². The van der Waals surface area contributed by atoms with Crippen LogP contribution in [-0.2, 0) is 10.2 Å². The normalized spacial score (nSPS) is 18.5. The molecule has 1 aromatic carbocycles. The highest BCUT2D eigenvalue weighted by molar-refractivity contribution is 6.42. The van der Waals surface area contributed by atoms with Crippen molar-refractivity contribution in [3.8, 4) is 0 Å². The molecule has 2 amide bonds. The highest BCUT2D eigenvalue weighted by atomic mass is 35.5. The van der Waals surface area contributed by atoms with Gasteiger partial charge in [-0.2, -0.15) is 0 Å². The van der Waals surface area contributed by atoms with Crippen LogP contribution in [0.5, 0.6) is 0 Å². The lowest BCUT2D eigenvalue weighted by Crippen LogP contribution is -2.48. The number of carbonyl (C=O) groups is 1. The number of ether oxygens (including phenoxy) is 1. The standard InChI is InChI=1S/C16H23Cl2N3O2/c1-16(2,11-3-4-13(17)14(18)7-11)10-21-15(22)20-9-12-8-19-5-6-23-12/h3-4,7,12,19H,5-6,8-10H2,1-2H3,(H2,20,21,22). The van der Waals surface area contributed by atoms with Crippen LogP contribution in [0.15, 0.2) is 18.2 Å². The first-order valence-electron chi connectivity index (χ1n) is 7.68. The van der Waals surface area contributed by atoms with Crippen molar-refractivity contribution in [3.63, 3.8) is 0 Å². The summed E-state index contributed by atoms with van der Waals surface area (Å²) >= 11 is 12.0. The second-order valence-electron chi connectivity index (χ2n) is 6.27. The smallest absolute Gasteiger partial charge is 0.314 e. The SMILES string of the molecule is CC(C)(CNC(=O)NCC1CNCCO1)c1ccc(Cl)c(Cl)c1. The maximum atomic E-state index is 11.9. The van der Waals surface area contributed by atoms with E-state index in [1.165, 1.54) is 0 Å². The van der Waals surface area contributed by atoms with Gasteiger partial charge >= 0.3 is 6.03 Å². The Balaban J connectivity index is 1.80. The number of hydrogen-bond acceptors (Lipinski definition) is 3. The van der Waals surface area contributed by atoms with E-state index < -0.39 is 0 Å². The molecule has 0 bridgehead atoms. The van der Waals surface area contributed by atoms with E-state index in [2.05, 4.69) is 16.0 Å². The molecule has 0 spiro atoms. The number of benzene rings is 1. The molecule has 0 saturated carbocycles. The first-order chi connectivity index (χ1) is 10.9. The fourth-order valence-electron chi connectivity index (χ4n) is 2.34. The van der Waals surface area contributed by atoms with Gasteiger partial charge < -0.3 is 20.7 Å². The van der Waals surface area contributed by atoms with E-state index in [0.717, 1.165) is 18.7 Å². The first kappa shape index (κ1) is 18.3. The van der Waals surface area contributed by atoms with Crippen LogP contribution in [0.2, 0.25) is 10.0 Å². The summed E-state index contributed by atoms with van der Waals surface area (Å²) in [6, 6.07) is 5.33. The molecule has 0 aromatic heterocycles. The molecule has 1 saturated heterocycles. The maximum absolute atomic E-state index is 11.9. The highest BCUT2D eigenvalue weighted by Gasteiger charge is 2.22. The van der Waals surface area contributed by atoms with Crippen molar-refractivity contribution in [3.05, 3.63) is 33.8 Å². The molecular weight excluding hydrogens is 337 g/mol. The minimum atomic E-state index is -0.255. The molecule has 23 heavy (non-hydrogen) atoms. The van der Waals surface area contributed by atoms with Crippen LogP contribution >= 0.6 is 23.2 Å². The third-order valence-corrected chi connectivity index (χ3v) is 4.63. The molecule has 1 aliphatic heterocycles. The number of rotatable bonds is 5. The van der Waals surface area contributed by atoms with E-state index >= 15 is 0 Å². The summed E-state index contributed by atoms with van der Waals surface area (Å²) < 4.78 is 5.54. The van der Waals surface area contributed by atoms with Crippen LogP contribution in [0.3, 0.4) is 0 Å². The molecule has 0 aliphatic carbocycles. The van der Waals surface area contributed by atoms with E-state index in [-0.39, 0.29) is 17.6 Å². The highest BCUT2D eigenvalue weighted by Crippen LogP contribution is 2.29. The molecule has 1 aliphatic rings. The minimum absolute atomic E-state index is 0.0255. The third-order valence-electron chi connectivity index (χ3n) is 3.89. The van der Waals surface area contributed by atoms with Gasteiger partial charge in [0.05, 0.1) is 22.8 Å². The lowest BCUT2D eigenvalue weighted by atomic mass is 9.84. The molecule has 7 heteroatoms. The zero-order valence-electron chi connectivity index (χ0n) is 13.4. The number of morpholine rings is 1. The van der Waals surface area contributed by atoms with Crippen molar-refractivity contribution in [2.45, 2.75) is 25.4 Å². The molecule has 1 atom stereocenters. The lowest BCUT2D eigenvalue weighted by molar-refractivity contribution is 0.0307. The molecule has 5 nitrogen and oxygen atoms in total. The van der Waals surface area contributed by atoms with E-state index in [9.17, 15) is 4.79 Å². The Bertz CT molecular complexity index is 546. The second kappa shape index (κ2) is 8.20. The molecule has 1 aromatic rings. The Kier molecular flexibility index (Phi) is 6.53. The molecular formula is C16H23Cl2N3O2. The Hall–Kier alpha value is -1.01. The van der Waals surface area contributed by atoms with Crippen molar-refractivity contribution in [1.29, 1.82) is 0 Å². The Labute approximate surface area is 147 Å². The number of urea groups is 1. The minimum Gasteiger partial charge on any atom is -0.374 e. The summed E-state index contributed by atoms with van der Waals surface area (Å²) in [5.41, 5.74) is 0.765. The zero-order chi connectivity index (χ0) is 16.9. The number of hydrogen-bond donors (Lipinski definition) is 3. The summed E-state index contributed by atoms with van der Waals surface area (Å²) in [5, 5.41) is 10.00. The van der Waals surface area contributed by atoms with Crippen LogP contribution in [0.4, 0.5) is 4.79 Å². The van der Waals surface area contributed by atoms with E-state index in [1.807, 2.05) is 26.0 Å². The number of halogens is 2. The Morgan fingerprint density at radius 1 is 1.35 bits per heavy atom. The summed E-state index contributed by atoms with van der Waals surface area (Å²) in [6.45, 7) is 7.36. The van der Waals surface area contributed by atoms with E-state index in [1.54, 1.807) is 6.07 Å². The fourth-order valence-corrected chi connectivity index (χ4v) is 2.64. The van der Waals surface area contributed by atoms with Gasteiger partial charge in [-0.25, -0.2) is 4.79 Å². The van der Waals surface area contributed by atoms with Gasteiger partial charge in [-0.05, 0) is 17.7 Å². The number of amides is 2. The topological polar surface area (TPSA) is 62.4 Å². The van der Waals surface area contributed by atoms with E-state index in [4.69, 9.17) is 27.9 Å². The van der Waals surface area contributed by atoms with Gasteiger partial charge in [0.25, 0.3) is 0 Å². The lowest BCUT2D eigenvalue weighted by Gasteiger charge is -2.27. The first-order valence-corrected chi connectivity index (χ1v) is 8.43. The third kappa shape index (κ3) is 5.53. The Morgan fingerprint density at radius 3 is 2.78 bits per heavy atom. The fraction of sp³-hybridized carbons (Fsp3) is 0.562. The largest absolute Gasteiger partial charge is 0.374 e. The van der Waals surface area contributed by atoms with Gasteiger partial charge in [0.2, 0.25) is 0 Å². The van der Waals surface area contributed by atoms with Gasteiger partial charge in [0.15, 0.2) is 0 Å². The summed E-state index contributed by atoms with van der Waals surface area (Å²) in [6.07, 6.45) is 0.0255. The predicted molar refractivity (Wildman–Crippen MR) is 93.5 cm³/mol. The van der Waals surface area contributed by atoms with Crippen molar-refractivity contribution in [2.24, 2.45) is 0 Å². The number of nitrogens with one attached hydrogen (secondary N) is 3. The van der Waals surface area contributed by atoms with Crippen molar-refractivity contribution in [1.82, 2.24) is 16.0 Å². The Morgan fingerprint density at radius 2 is 2.13 bits per heavy atom. The van der Waals surface area contributed by atoms with Crippen molar-refractivity contribution < 1.29 is 9.53 Å². The average Bonchev–Trinajstić information content (AvgIpc) is 2.54. The van der Waals surface area contributed by atoms with Gasteiger partial charge in [0, 0.05) is 31.6 Å². The van der Waals surface area contributed by atoms with Crippen LogP contribution in [0, 0.1) is 0 Å². The second-order valence-corrected chi connectivity index (χ2v) is 7.09. The van der Waals surface area contributed by atoms with Gasteiger partial charge in [-0.3, -0.25) is 0 Å². The summed E-state index contributed by atoms with van der Waals surface area (Å²) in [4.78, 5) is 11.9. The molecule has 1 heterocycles. The van der Waals surface area contributed by atoms with E-state index in [0.29, 0.717) is 29.7 Å². The molecule has 2 rings (SSSR count). The predicted octanol–water partition coefficient (Wildman–Crippen LogP) is 2.56. The average molecular weight is 360 g/mol. The molecule has 3 N–H and O–H groups in total. The molecule has 1 fully saturated rings. The summed E-state index contributed by atoms with van der Waals surface area (Å²) in [5.74, 6) is 0. The van der Waals surface area contributed by atoms with Gasteiger partial charge in [-0.15, -0.1) is 0 Å². The van der Waals surface area contributed by atoms with Crippen molar-refractivity contribution >= 4 is 29.2 Å². The quantitative estimate of drug-likeness (QED) is 0.756. The molecule has 0 radical (unpaired) electrons. The maximum Gasteiger partial charge on any atom is 0.314 e. The monoisotopic (exact) mass is 359 g/mol. The zero-order valence-corrected chi connectivity index (χ0v) is 14.9. The molecule has 128 valence electrons. The van der Waals surface area contributed by atoms with Crippen LogP contribution in [0.1, 0.15) is 19.4 Å². The number of carbonyl (C=O) groups excluding carboxylic acids is 1. The van der Waals surface area contributed by atoms with Gasteiger partial charge in [-0.1, -0.05) is 43.1 Å². The summed E-state index contributed by atoms with van der Waals surface area (Å²) in [7, 11) is 0. The van der Waals surface area contributed by atoms with Crippen LogP contribution in [-0.4, -0.2) is 44.9 Å². The molecule has 1 unspecified atom stereocenters. The van der Waals surface area contributed by atoms with Crippen LogP contribution < -0.4 is 16.0 Å². The van der Waals surface area contributed by atoms with Crippen LogP contribution in [0.25, 0.3) is 0 Å². The van der Waals surface area contributed by atoms with Gasteiger partial charge in [0.1, 0.15) is 0 Å².